The van der Waals surface area contributed by atoms with Crippen LogP contribution in [0, 0.1) is 5.41 Å². The van der Waals surface area contributed by atoms with Gasteiger partial charge in [-0.05, 0) is 38.9 Å². The Morgan fingerprint density at radius 3 is 1.79 bits per heavy atom. The fourth-order valence-corrected chi connectivity index (χ4v) is 1.93. The molecule has 0 heterocycles. The van der Waals surface area contributed by atoms with Crippen molar-refractivity contribution in [2.75, 3.05) is 14.1 Å². The summed E-state index contributed by atoms with van der Waals surface area (Å²) in [5, 5.41) is 3.08. The van der Waals surface area contributed by atoms with E-state index in [4.69, 9.17) is 0 Å². The van der Waals surface area contributed by atoms with E-state index in [0.29, 0.717) is 6.54 Å². The van der Waals surface area contributed by atoms with Gasteiger partial charge in [-0.25, -0.2) is 0 Å². The smallest absolute Gasteiger partial charge is 0.318 e. The van der Waals surface area contributed by atoms with Gasteiger partial charge in [0.15, 0.2) is 0 Å². The first-order chi connectivity index (χ1) is 13.7. The molecule has 0 aromatic heterocycles. The van der Waals surface area contributed by atoms with Gasteiger partial charge in [0, 0.05) is 20.1 Å². The van der Waals surface area contributed by atoms with Gasteiger partial charge >= 0.3 is 12.4 Å². The molecule has 2 rings (SSSR count). The Morgan fingerprint density at radius 2 is 1.45 bits per heavy atom. The van der Waals surface area contributed by atoms with E-state index in [1.807, 2.05) is 55.6 Å². The molecule has 0 fully saturated rings. The van der Waals surface area contributed by atoms with Crippen LogP contribution in [0.5, 0.6) is 0 Å². The molecule has 0 radical (unpaired) electrons. The Balaban J connectivity index is 0.000000409. The summed E-state index contributed by atoms with van der Waals surface area (Å²) >= 11 is 0. The number of benzene rings is 2. The van der Waals surface area contributed by atoms with Crippen molar-refractivity contribution in [3.05, 3.63) is 71.8 Å². The molecule has 0 saturated heterocycles. The van der Waals surface area contributed by atoms with Gasteiger partial charge in [0.25, 0.3) is 0 Å². The van der Waals surface area contributed by atoms with E-state index in [1.54, 1.807) is 32.7 Å². The first-order valence-electron chi connectivity index (χ1n) is 9.27. The zero-order valence-electron chi connectivity index (χ0n) is 17.9. The molecule has 6 nitrogen and oxygen atoms in total. The second-order valence-corrected chi connectivity index (χ2v) is 7.27. The molecule has 0 saturated carbocycles. The van der Waals surface area contributed by atoms with Crippen molar-refractivity contribution in [2.45, 2.75) is 33.9 Å². The zero-order valence-corrected chi connectivity index (χ0v) is 17.9. The monoisotopic (exact) mass is 400 g/mol. The van der Waals surface area contributed by atoms with Crippen LogP contribution in [-0.2, 0) is 32.2 Å². The largest absolute Gasteiger partial charge is 0.395 e. The Bertz CT molecular complexity index is 698. The summed E-state index contributed by atoms with van der Waals surface area (Å²) in [5.41, 5.74) is 1.91. The Morgan fingerprint density at radius 1 is 0.966 bits per heavy atom. The van der Waals surface area contributed by atoms with E-state index in [-0.39, 0.29) is 6.47 Å². The average molecular weight is 401 g/mol. The minimum atomic E-state index is -0.582. The third-order valence-corrected chi connectivity index (χ3v) is 3.45. The normalized spacial score (nSPS) is 9.69. The lowest BCUT2D eigenvalue weighted by atomic mass is 9.98. The van der Waals surface area contributed by atoms with Crippen LogP contribution in [0.1, 0.15) is 31.9 Å². The van der Waals surface area contributed by atoms with Gasteiger partial charge in [0.2, 0.25) is 6.41 Å². The molecule has 0 bridgehead atoms. The summed E-state index contributed by atoms with van der Waals surface area (Å²) < 4.78 is 4.09. The molecule has 158 valence electrons. The molecule has 1 N–H and O–H groups in total. The van der Waals surface area contributed by atoms with E-state index in [2.05, 4.69) is 22.2 Å². The molecule has 6 heteroatoms. The molecule has 0 unspecified atom stereocenters. The van der Waals surface area contributed by atoms with Crippen molar-refractivity contribution < 1.29 is 19.1 Å². The number of nitrogens with one attached hydrogen (secondary N) is 1. The van der Waals surface area contributed by atoms with Gasteiger partial charge in [-0.15, -0.1) is 0 Å². The summed E-state index contributed by atoms with van der Waals surface area (Å²) in [7, 11) is 3.72. The van der Waals surface area contributed by atoms with Crippen LogP contribution in [-0.4, -0.2) is 37.8 Å². The average Bonchev–Trinajstić information content (AvgIpc) is 2.70. The van der Waals surface area contributed by atoms with E-state index in [1.165, 1.54) is 5.56 Å². The van der Waals surface area contributed by atoms with Gasteiger partial charge in [-0.1, -0.05) is 60.7 Å². The summed E-state index contributed by atoms with van der Waals surface area (Å²) in [6, 6.07) is 20.2. The quantitative estimate of drug-likeness (QED) is 0.457. The lowest BCUT2D eigenvalue weighted by Gasteiger charge is -2.12. The van der Waals surface area contributed by atoms with Crippen LogP contribution in [0.15, 0.2) is 60.7 Å². The number of amides is 1. The van der Waals surface area contributed by atoms with Crippen LogP contribution in [0.4, 0.5) is 0 Å². The maximum absolute atomic E-state index is 10.6. The molecular weight excluding hydrogens is 368 g/mol. The van der Waals surface area contributed by atoms with Crippen molar-refractivity contribution >= 4 is 18.9 Å². The van der Waals surface area contributed by atoms with E-state index in [9.17, 15) is 14.4 Å². The van der Waals surface area contributed by atoms with Gasteiger partial charge in [0.1, 0.15) is 0 Å². The topological polar surface area (TPSA) is 75.7 Å². The van der Waals surface area contributed by atoms with Crippen LogP contribution in [0.3, 0.4) is 0 Å². The number of hydrogen-bond donors (Lipinski definition) is 1. The predicted octanol–water partition coefficient (Wildman–Crippen LogP) is 3.41. The molecule has 0 atom stereocenters. The van der Waals surface area contributed by atoms with Crippen molar-refractivity contribution in [3.8, 4) is 0 Å². The Labute approximate surface area is 173 Å². The van der Waals surface area contributed by atoms with Crippen LogP contribution < -0.4 is 5.32 Å². The van der Waals surface area contributed by atoms with Crippen molar-refractivity contribution in [1.82, 2.24) is 10.2 Å². The molecule has 1 amide bonds. The van der Waals surface area contributed by atoms with Crippen molar-refractivity contribution in [3.63, 3.8) is 0 Å². The minimum absolute atomic E-state index is 0.146. The molecule has 2 aromatic rings. The molecule has 2 aromatic carbocycles. The maximum atomic E-state index is 10.6. The van der Waals surface area contributed by atoms with Crippen LogP contribution in [0.2, 0.25) is 0 Å². The molecule has 0 aliphatic carbocycles. The maximum Gasteiger partial charge on any atom is 0.318 e. The van der Waals surface area contributed by atoms with Crippen LogP contribution >= 0.6 is 0 Å². The first kappa shape index (κ1) is 26.0. The highest BCUT2D eigenvalue weighted by molar-refractivity contribution is 5.80. The SMILES string of the molecule is CC(C)(C)C(=O)OC=O.CN(C=O)Cc1ccccc1.CNCc1ccccc1. The molecule has 0 spiro atoms. The lowest BCUT2D eigenvalue weighted by molar-refractivity contribution is -0.158. The van der Waals surface area contributed by atoms with E-state index < -0.39 is 11.4 Å². The van der Waals surface area contributed by atoms with Crippen molar-refractivity contribution in [1.29, 1.82) is 0 Å². The number of rotatable bonds is 6. The first-order valence-corrected chi connectivity index (χ1v) is 9.27. The fraction of sp³-hybridized carbons (Fsp3) is 0.348. The van der Waals surface area contributed by atoms with Gasteiger partial charge < -0.3 is 15.0 Å². The Hall–Kier alpha value is -2.99. The highest BCUT2D eigenvalue weighted by Crippen LogP contribution is 2.13. The van der Waals surface area contributed by atoms with Gasteiger partial charge in [0.05, 0.1) is 5.41 Å². The number of ether oxygens (including phenoxy) is 1. The summed E-state index contributed by atoms with van der Waals surface area (Å²) in [5.74, 6) is -0.502. The summed E-state index contributed by atoms with van der Waals surface area (Å²) in [6.45, 7) is 6.83. The Kier molecular flexibility index (Phi) is 13.4. The number of hydrogen-bond acceptors (Lipinski definition) is 5. The fourth-order valence-electron chi connectivity index (χ4n) is 1.93. The van der Waals surface area contributed by atoms with Crippen molar-refractivity contribution in [2.24, 2.45) is 5.41 Å². The van der Waals surface area contributed by atoms with E-state index >= 15 is 0 Å². The summed E-state index contributed by atoms with van der Waals surface area (Å²) in [6.07, 6.45) is 0.826. The molecule has 29 heavy (non-hydrogen) atoms. The minimum Gasteiger partial charge on any atom is -0.395 e. The lowest BCUT2D eigenvalue weighted by Crippen LogP contribution is -2.22. The van der Waals surface area contributed by atoms with E-state index in [0.717, 1.165) is 18.5 Å². The third kappa shape index (κ3) is 13.8. The van der Waals surface area contributed by atoms with Gasteiger partial charge in [-0.3, -0.25) is 14.4 Å². The molecule has 0 aliphatic heterocycles. The second kappa shape index (κ2) is 15.0. The number of esters is 1. The third-order valence-electron chi connectivity index (χ3n) is 3.45. The van der Waals surface area contributed by atoms with Gasteiger partial charge in [-0.2, -0.15) is 0 Å². The number of nitrogens with zero attached hydrogens (tertiary/aromatic N) is 1. The standard InChI is InChI=1S/C9H11NO.C8H11N.C6H10O3/c1-10(8-11)7-9-5-3-2-4-6-9;1-9-7-8-5-3-2-4-6-8;1-6(2,3)5(8)9-4-7/h2-6,8H,7H2,1H3;2-6,9H,7H2,1H3;4H,1-3H3. The number of carbonyl (C=O) groups excluding carboxylic acids is 3. The summed E-state index contributed by atoms with van der Waals surface area (Å²) in [4.78, 5) is 32.1. The molecular formula is C23H32N2O4. The number of carbonyl (C=O) groups is 3. The highest BCUT2D eigenvalue weighted by atomic mass is 16.6. The van der Waals surface area contributed by atoms with Crippen LogP contribution in [0.25, 0.3) is 0 Å². The predicted molar refractivity (Wildman–Crippen MR) is 115 cm³/mol. The molecule has 0 aliphatic rings. The second-order valence-electron chi connectivity index (χ2n) is 7.27. The zero-order chi connectivity index (χ0) is 22.1. The highest BCUT2D eigenvalue weighted by Gasteiger charge is 2.22.